The van der Waals surface area contributed by atoms with Crippen LogP contribution in [-0.2, 0) is 0 Å². The number of rotatable bonds is 3. The number of hydrogen-bond acceptors (Lipinski definition) is 3. The number of hydrogen-bond donors (Lipinski definition) is 2. The van der Waals surface area contributed by atoms with Crippen LogP contribution in [0.5, 0.6) is 0 Å². The normalized spacial score (nSPS) is 10.0. The molecule has 5 nitrogen and oxygen atoms in total. The molecule has 98 valence electrons. The summed E-state index contributed by atoms with van der Waals surface area (Å²) in [7, 11) is 3.88. The Kier molecular flexibility index (Phi) is 3.66. The van der Waals surface area contributed by atoms with Gasteiger partial charge in [-0.05, 0) is 24.3 Å². The van der Waals surface area contributed by atoms with E-state index in [1.165, 1.54) is 18.5 Å². The van der Waals surface area contributed by atoms with Crippen molar-refractivity contribution < 1.29 is 4.79 Å². The van der Waals surface area contributed by atoms with Crippen LogP contribution in [0.2, 0.25) is 0 Å². The van der Waals surface area contributed by atoms with Gasteiger partial charge in [-0.2, -0.15) is 0 Å². The second kappa shape index (κ2) is 5.39. The summed E-state index contributed by atoms with van der Waals surface area (Å²) in [6, 6.07) is 8.70. The molecule has 1 aromatic heterocycles. The summed E-state index contributed by atoms with van der Waals surface area (Å²) in [5.74, 6) is -0.417. The monoisotopic (exact) mass is 257 g/mol. The molecule has 0 unspecified atom stereocenters. The van der Waals surface area contributed by atoms with Gasteiger partial charge >= 0.3 is 0 Å². The number of aromatic nitrogens is 1. The number of aromatic amines is 1. The predicted molar refractivity (Wildman–Crippen MR) is 75.8 cm³/mol. The highest BCUT2D eigenvalue weighted by Gasteiger charge is 2.09. The maximum atomic E-state index is 11.9. The van der Waals surface area contributed by atoms with E-state index >= 15 is 0 Å². The maximum Gasteiger partial charge on any atom is 0.261 e. The average molecular weight is 257 g/mol. The van der Waals surface area contributed by atoms with E-state index in [1.54, 1.807) is 12.1 Å². The third kappa shape index (κ3) is 3.01. The first-order valence-corrected chi connectivity index (χ1v) is 5.84. The molecule has 0 aliphatic rings. The van der Waals surface area contributed by atoms with Crippen molar-refractivity contribution in [2.45, 2.75) is 0 Å². The van der Waals surface area contributed by atoms with Crippen LogP contribution in [0.25, 0.3) is 0 Å². The Hall–Kier alpha value is -2.56. The lowest BCUT2D eigenvalue weighted by Crippen LogP contribution is -2.20. The molecular formula is C14H15N3O2. The minimum absolute atomic E-state index is 0.0965. The van der Waals surface area contributed by atoms with E-state index in [0.29, 0.717) is 5.69 Å². The minimum Gasteiger partial charge on any atom is -0.378 e. The number of anilines is 2. The van der Waals surface area contributed by atoms with Gasteiger partial charge in [-0.15, -0.1) is 0 Å². The lowest BCUT2D eigenvalue weighted by atomic mass is 10.2. The highest BCUT2D eigenvalue weighted by molar-refractivity contribution is 6.04. The van der Waals surface area contributed by atoms with E-state index in [-0.39, 0.29) is 11.0 Å². The zero-order chi connectivity index (χ0) is 13.8. The molecule has 0 aliphatic carbocycles. The van der Waals surface area contributed by atoms with Gasteiger partial charge in [0.05, 0.1) is 0 Å². The molecule has 5 heteroatoms. The molecule has 2 N–H and O–H groups in total. The summed E-state index contributed by atoms with van der Waals surface area (Å²) in [4.78, 5) is 28.1. The van der Waals surface area contributed by atoms with Crippen LogP contribution in [0.1, 0.15) is 10.4 Å². The molecular weight excluding hydrogens is 242 g/mol. The van der Waals surface area contributed by atoms with Crippen molar-refractivity contribution in [3.05, 3.63) is 58.5 Å². The second-order valence-electron chi connectivity index (χ2n) is 4.32. The Morgan fingerprint density at radius 2 is 1.84 bits per heavy atom. The van der Waals surface area contributed by atoms with Crippen LogP contribution < -0.4 is 15.6 Å². The van der Waals surface area contributed by atoms with Gasteiger partial charge in [-0.3, -0.25) is 9.59 Å². The summed E-state index contributed by atoms with van der Waals surface area (Å²) in [6.45, 7) is 0. The molecule has 2 rings (SSSR count). The topological polar surface area (TPSA) is 65.2 Å². The summed E-state index contributed by atoms with van der Waals surface area (Å²) in [5.41, 5.74) is 1.48. The molecule has 0 saturated carbocycles. The Balaban J connectivity index is 2.15. The molecule has 0 radical (unpaired) electrons. The largest absolute Gasteiger partial charge is 0.378 e. The molecule has 0 atom stereocenters. The highest BCUT2D eigenvalue weighted by Crippen LogP contribution is 2.15. The number of nitrogens with one attached hydrogen (secondary N) is 2. The van der Waals surface area contributed by atoms with Crippen LogP contribution in [0.4, 0.5) is 11.4 Å². The first-order valence-electron chi connectivity index (χ1n) is 5.84. The second-order valence-corrected chi connectivity index (χ2v) is 4.32. The third-order valence-corrected chi connectivity index (χ3v) is 2.71. The van der Waals surface area contributed by atoms with Crippen molar-refractivity contribution in [3.8, 4) is 0 Å². The Labute approximate surface area is 110 Å². The van der Waals surface area contributed by atoms with Crippen LogP contribution in [-0.4, -0.2) is 25.0 Å². The SMILES string of the molecule is CN(C)c1ccc(NC(=O)c2c[nH]ccc2=O)cc1. The van der Waals surface area contributed by atoms with Crippen molar-refractivity contribution >= 4 is 17.3 Å². The van der Waals surface area contributed by atoms with Crippen molar-refractivity contribution in [2.24, 2.45) is 0 Å². The maximum absolute atomic E-state index is 11.9. The summed E-state index contributed by atoms with van der Waals surface area (Å²) in [5, 5.41) is 2.69. The molecule has 0 fully saturated rings. The summed E-state index contributed by atoms with van der Waals surface area (Å²) in [6.07, 6.45) is 2.89. The predicted octanol–water partition coefficient (Wildman–Crippen LogP) is 1.69. The lowest BCUT2D eigenvalue weighted by Gasteiger charge is -2.12. The molecule has 1 amide bonds. The summed E-state index contributed by atoms with van der Waals surface area (Å²) < 4.78 is 0. The Morgan fingerprint density at radius 3 is 2.42 bits per heavy atom. The van der Waals surface area contributed by atoms with Gasteiger partial charge in [0, 0.05) is 43.9 Å². The number of benzene rings is 1. The average Bonchev–Trinajstić information content (AvgIpc) is 2.39. The Morgan fingerprint density at radius 1 is 1.16 bits per heavy atom. The van der Waals surface area contributed by atoms with E-state index < -0.39 is 5.91 Å². The smallest absolute Gasteiger partial charge is 0.261 e. The first-order chi connectivity index (χ1) is 9.08. The molecule has 2 aromatic rings. The van der Waals surface area contributed by atoms with Gasteiger partial charge in [-0.25, -0.2) is 0 Å². The number of pyridine rings is 1. The van der Waals surface area contributed by atoms with E-state index in [2.05, 4.69) is 10.3 Å². The third-order valence-electron chi connectivity index (χ3n) is 2.71. The molecule has 19 heavy (non-hydrogen) atoms. The van der Waals surface area contributed by atoms with Crippen LogP contribution in [0, 0.1) is 0 Å². The molecule has 0 aliphatic heterocycles. The van der Waals surface area contributed by atoms with E-state index in [0.717, 1.165) is 5.69 Å². The fraction of sp³-hybridized carbons (Fsp3) is 0.143. The van der Waals surface area contributed by atoms with Crippen molar-refractivity contribution in [1.82, 2.24) is 4.98 Å². The Bertz CT molecular complexity index is 630. The van der Waals surface area contributed by atoms with Gasteiger partial charge in [-0.1, -0.05) is 0 Å². The molecule has 0 bridgehead atoms. The van der Waals surface area contributed by atoms with Gasteiger partial charge in [0.15, 0.2) is 5.43 Å². The minimum atomic E-state index is -0.417. The van der Waals surface area contributed by atoms with Crippen molar-refractivity contribution in [2.75, 3.05) is 24.3 Å². The van der Waals surface area contributed by atoms with Crippen LogP contribution in [0.3, 0.4) is 0 Å². The fourth-order valence-corrected chi connectivity index (χ4v) is 1.63. The van der Waals surface area contributed by atoms with E-state index in [1.807, 2.05) is 31.1 Å². The van der Waals surface area contributed by atoms with Gasteiger partial charge in [0.2, 0.25) is 0 Å². The quantitative estimate of drug-likeness (QED) is 0.879. The first kappa shape index (κ1) is 12.9. The molecule has 1 aromatic carbocycles. The van der Waals surface area contributed by atoms with Gasteiger partial charge < -0.3 is 15.2 Å². The van der Waals surface area contributed by atoms with Crippen LogP contribution >= 0.6 is 0 Å². The summed E-state index contributed by atoms with van der Waals surface area (Å²) >= 11 is 0. The van der Waals surface area contributed by atoms with E-state index in [9.17, 15) is 9.59 Å². The molecule has 0 saturated heterocycles. The number of carbonyl (C=O) groups is 1. The van der Waals surface area contributed by atoms with Crippen molar-refractivity contribution in [1.29, 1.82) is 0 Å². The number of carbonyl (C=O) groups excluding carboxylic acids is 1. The van der Waals surface area contributed by atoms with Gasteiger partial charge in [0.1, 0.15) is 5.56 Å². The van der Waals surface area contributed by atoms with Crippen LogP contribution in [0.15, 0.2) is 47.5 Å². The number of H-pyrrole nitrogens is 1. The van der Waals surface area contributed by atoms with E-state index in [4.69, 9.17) is 0 Å². The zero-order valence-electron chi connectivity index (χ0n) is 10.8. The molecule has 1 heterocycles. The van der Waals surface area contributed by atoms with Crippen molar-refractivity contribution in [3.63, 3.8) is 0 Å². The fourth-order valence-electron chi connectivity index (χ4n) is 1.63. The highest BCUT2D eigenvalue weighted by atomic mass is 16.2. The standard InChI is InChI=1S/C14H15N3O2/c1-17(2)11-5-3-10(4-6-11)16-14(19)12-9-15-8-7-13(12)18/h3-9H,1-2H3,(H,15,18)(H,16,19). The van der Waals surface area contributed by atoms with Gasteiger partial charge in [0.25, 0.3) is 5.91 Å². The lowest BCUT2D eigenvalue weighted by molar-refractivity contribution is 0.102. The number of nitrogens with zero attached hydrogens (tertiary/aromatic N) is 1. The number of amides is 1. The zero-order valence-corrected chi connectivity index (χ0v) is 10.8. The molecule has 0 spiro atoms.